The third-order valence-electron chi connectivity index (χ3n) is 2.68. The first kappa shape index (κ1) is 17.3. The van der Waals surface area contributed by atoms with Gasteiger partial charge in [0.1, 0.15) is 0 Å². The molecule has 0 saturated carbocycles. The number of amides is 3. The number of hydrazine groups is 1. The fourth-order valence-electron chi connectivity index (χ4n) is 1.59. The van der Waals surface area contributed by atoms with Gasteiger partial charge < -0.3 is 5.32 Å². The first-order chi connectivity index (χ1) is 11.1. The predicted molar refractivity (Wildman–Crippen MR) is 93.1 cm³/mol. The lowest BCUT2D eigenvalue weighted by atomic mass is 10.3. The maximum Gasteiger partial charge on any atom is 0.333 e. The number of carbonyl (C=O) groups excluding carboxylic acids is 2. The lowest BCUT2D eigenvalue weighted by Crippen LogP contribution is -2.47. The van der Waals surface area contributed by atoms with E-state index in [1.807, 2.05) is 24.3 Å². The maximum atomic E-state index is 11.7. The molecule has 0 spiro atoms. The standard InChI is InChI=1S/C15H15BrN4O2S/c16-12-3-5-13(6-4-12)23-9-8-18-15(22)20-19-14(21)11-2-1-7-17-10-11/h1-7,10H,8-9H2,(H,19,21)(H2,18,20,22). The highest BCUT2D eigenvalue weighted by Gasteiger charge is 2.06. The Bertz CT molecular complexity index is 652. The molecule has 2 aromatic rings. The van der Waals surface area contributed by atoms with Gasteiger partial charge in [0.15, 0.2) is 0 Å². The Labute approximate surface area is 146 Å². The van der Waals surface area contributed by atoms with Crippen LogP contribution in [0.5, 0.6) is 0 Å². The van der Waals surface area contributed by atoms with Crippen molar-refractivity contribution in [3.05, 3.63) is 58.8 Å². The topological polar surface area (TPSA) is 83.1 Å². The van der Waals surface area contributed by atoms with Crippen molar-refractivity contribution in [1.29, 1.82) is 0 Å². The van der Waals surface area contributed by atoms with E-state index in [1.165, 1.54) is 6.20 Å². The minimum atomic E-state index is -0.460. The summed E-state index contributed by atoms with van der Waals surface area (Å²) in [6.45, 7) is 0.481. The normalized spacial score (nSPS) is 9.96. The van der Waals surface area contributed by atoms with Crippen molar-refractivity contribution in [2.75, 3.05) is 12.3 Å². The summed E-state index contributed by atoms with van der Waals surface area (Å²) >= 11 is 5.01. The van der Waals surface area contributed by atoms with E-state index in [4.69, 9.17) is 0 Å². The molecule has 3 N–H and O–H groups in total. The number of hydrogen-bond donors (Lipinski definition) is 3. The van der Waals surface area contributed by atoms with Gasteiger partial charge in [-0.15, -0.1) is 11.8 Å². The number of nitrogens with one attached hydrogen (secondary N) is 3. The van der Waals surface area contributed by atoms with E-state index >= 15 is 0 Å². The number of thioether (sulfide) groups is 1. The SMILES string of the molecule is O=C(NCCSc1ccc(Br)cc1)NNC(=O)c1cccnc1. The van der Waals surface area contributed by atoms with Crippen LogP contribution in [0.2, 0.25) is 0 Å². The van der Waals surface area contributed by atoms with Crippen LogP contribution in [0.15, 0.2) is 58.2 Å². The number of nitrogens with zero attached hydrogens (tertiary/aromatic N) is 1. The molecule has 0 radical (unpaired) electrons. The molecule has 3 amide bonds. The third kappa shape index (κ3) is 6.29. The van der Waals surface area contributed by atoms with Crippen LogP contribution in [0.1, 0.15) is 10.4 Å². The molecule has 6 nitrogen and oxygen atoms in total. The number of benzene rings is 1. The second kappa shape index (κ2) is 9.16. The molecule has 2 rings (SSSR count). The summed E-state index contributed by atoms with van der Waals surface area (Å²) in [6, 6.07) is 10.7. The summed E-state index contributed by atoms with van der Waals surface area (Å²) in [7, 11) is 0. The molecule has 0 aliphatic carbocycles. The summed E-state index contributed by atoms with van der Waals surface area (Å²) in [5, 5.41) is 2.66. The number of carbonyl (C=O) groups is 2. The minimum absolute atomic E-state index is 0.374. The second-order valence-electron chi connectivity index (χ2n) is 4.38. The molecule has 0 saturated heterocycles. The fraction of sp³-hybridized carbons (Fsp3) is 0.133. The molecule has 1 heterocycles. The molecule has 8 heteroatoms. The van der Waals surface area contributed by atoms with Gasteiger partial charge >= 0.3 is 6.03 Å². The highest BCUT2D eigenvalue weighted by atomic mass is 79.9. The highest BCUT2D eigenvalue weighted by molar-refractivity contribution is 9.10. The van der Waals surface area contributed by atoms with Crippen molar-refractivity contribution in [2.45, 2.75) is 4.90 Å². The van der Waals surface area contributed by atoms with Gasteiger partial charge in [-0.05, 0) is 36.4 Å². The first-order valence-electron chi connectivity index (χ1n) is 6.78. The van der Waals surface area contributed by atoms with Crippen molar-refractivity contribution in [1.82, 2.24) is 21.2 Å². The molecule has 23 heavy (non-hydrogen) atoms. The lowest BCUT2D eigenvalue weighted by molar-refractivity contribution is 0.0936. The van der Waals surface area contributed by atoms with Gasteiger partial charge in [0.2, 0.25) is 0 Å². The Hall–Kier alpha value is -2.06. The van der Waals surface area contributed by atoms with E-state index in [1.54, 1.807) is 30.1 Å². The fourth-order valence-corrected chi connectivity index (χ4v) is 2.62. The Morgan fingerprint density at radius 3 is 2.61 bits per heavy atom. The number of hydrogen-bond acceptors (Lipinski definition) is 4. The Morgan fingerprint density at radius 1 is 1.13 bits per heavy atom. The van der Waals surface area contributed by atoms with Crippen molar-refractivity contribution in [2.24, 2.45) is 0 Å². The van der Waals surface area contributed by atoms with Crippen LogP contribution in [0.3, 0.4) is 0 Å². The van der Waals surface area contributed by atoms with Gasteiger partial charge in [-0.1, -0.05) is 15.9 Å². The summed E-state index contributed by atoms with van der Waals surface area (Å²) in [4.78, 5) is 28.2. The van der Waals surface area contributed by atoms with Crippen LogP contribution in [0.4, 0.5) is 4.79 Å². The Kier molecular flexibility index (Phi) is 6.89. The number of halogens is 1. The van der Waals surface area contributed by atoms with Crippen LogP contribution in [-0.4, -0.2) is 29.2 Å². The predicted octanol–water partition coefficient (Wildman–Crippen LogP) is 2.58. The molecule has 1 aromatic carbocycles. The lowest BCUT2D eigenvalue weighted by Gasteiger charge is -2.08. The van der Waals surface area contributed by atoms with Gasteiger partial charge in [0.25, 0.3) is 5.91 Å². The second-order valence-corrected chi connectivity index (χ2v) is 6.46. The minimum Gasteiger partial charge on any atom is -0.336 e. The van der Waals surface area contributed by atoms with E-state index in [2.05, 4.69) is 37.1 Å². The number of pyridine rings is 1. The van der Waals surface area contributed by atoms with Crippen LogP contribution >= 0.6 is 27.7 Å². The molecule has 0 aliphatic heterocycles. The number of aromatic nitrogens is 1. The van der Waals surface area contributed by atoms with E-state index in [-0.39, 0.29) is 0 Å². The van der Waals surface area contributed by atoms with Crippen molar-refractivity contribution < 1.29 is 9.59 Å². The Balaban J connectivity index is 1.62. The summed E-state index contributed by atoms with van der Waals surface area (Å²) in [6.07, 6.45) is 2.99. The average Bonchev–Trinajstić information content (AvgIpc) is 2.59. The maximum absolute atomic E-state index is 11.7. The Morgan fingerprint density at radius 2 is 1.91 bits per heavy atom. The molecule has 0 aliphatic rings. The zero-order chi connectivity index (χ0) is 16.5. The smallest absolute Gasteiger partial charge is 0.333 e. The number of urea groups is 1. The highest BCUT2D eigenvalue weighted by Crippen LogP contribution is 2.19. The summed E-state index contributed by atoms with van der Waals surface area (Å²) in [5.41, 5.74) is 4.98. The quantitative estimate of drug-likeness (QED) is 0.413. The molecule has 0 bridgehead atoms. The van der Waals surface area contributed by atoms with Crippen molar-refractivity contribution >= 4 is 39.6 Å². The van der Waals surface area contributed by atoms with Crippen molar-refractivity contribution in [3.8, 4) is 0 Å². The summed E-state index contributed by atoms with van der Waals surface area (Å²) < 4.78 is 1.03. The van der Waals surface area contributed by atoms with Gasteiger partial charge in [-0.25, -0.2) is 10.2 Å². The van der Waals surface area contributed by atoms with E-state index in [9.17, 15) is 9.59 Å². The van der Waals surface area contributed by atoms with Gasteiger partial charge in [0, 0.05) is 34.1 Å². The molecule has 0 unspecified atom stereocenters. The molecular weight excluding hydrogens is 380 g/mol. The van der Waals surface area contributed by atoms with Crippen molar-refractivity contribution in [3.63, 3.8) is 0 Å². The monoisotopic (exact) mass is 394 g/mol. The van der Waals surface area contributed by atoms with Gasteiger partial charge in [-0.2, -0.15) is 0 Å². The van der Waals surface area contributed by atoms with Gasteiger partial charge in [0.05, 0.1) is 5.56 Å². The first-order valence-corrected chi connectivity index (χ1v) is 8.55. The molecule has 1 aromatic heterocycles. The van der Waals surface area contributed by atoms with Crippen LogP contribution in [0, 0.1) is 0 Å². The molecule has 0 fully saturated rings. The van der Waals surface area contributed by atoms with E-state index in [0.29, 0.717) is 12.1 Å². The zero-order valence-corrected chi connectivity index (χ0v) is 14.5. The molecule has 0 atom stereocenters. The number of rotatable bonds is 5. The van der Waals surface area contributed by atoms with Crippen LogP contribution in [0.25, 0.3) is 0 Å². The zero-order valence-electron chi connectivity index (χ0n) is 12.1. The third-order valence-corrected chi connectivity index (χ3v) is 4.23. The van der Waals surface area contributed by atoms with E-state index in [0.717, 1.165) is 15.1 Å². The van der Waals surface area contributed by atoms with Gasteiger partial charge in [-0.3, -0.25) is 15.2 Å². The molecule has 120 valence electrons. The van der Waals surface area contributed by atoms with E-state index < -0.39 is 11.9 Å². The van der Waals surface area contributed by atoms with Crippen LogP contribution in [-0.2, 0) is 0 Å². The summed E-state index contributed by atoms with van der Waals surface area (Å²) in [5.74, 6) is 0.309. The molecular formula is C15H15BrN4O2S. The average molecular weight is 395 g/mol. The largest absolute Gasteiger partial charge is 0.336 e. The van der Waals surface area contributed by atoms with Crippen LogP contribution < -0.4 is 16.2 Å².